The molecule has 0 saturated carbocycles. The van der Waals surface area contributed by atoms with Gasteiger partial charge < -0.3 is 24.7 Å². The summed E-state index contributed by atoms with van der Waals surface area (Å²) < 4.78 is 21.9. The molecule has 1 aromatic heterocycles. The number of nitriles is 1. The number of hydrogen-bond donors (Lipinski definition) is 1. The molecule has 0 atom stereocenters. The number of aryl methyl sites for hydroxylation is 1. The van der Waals surface area contributed by atoms with E-state index in [2.05, 4.69) is 11.1 Å². The van der Waals surface area contributed by atoms with E-state index in [1.165, 1.54) is 0 Å². The van der Waals surface area contributed by atoms with Gasteiger partial charge in [0.15, 0.2) is 0 Å². The lowest BCUT2D eigenvalue weighted by atomic mass is 9.89. The van der Waals surface area contributed by atoms with Gasteiger partial charge in [-0.25, -0.2) is 4.98 Å². The van der Waals surface area contributed by atoms with Crippen LogP contribution in [0.3, 0.4) is 0 Å². The summed E-state index contributed by atoms with van der Waals surface area (Å²) in [4.78, 5) is 4.41. The number of ether oxygens (including phenoxy) is 4. The molecule has 0 spiro atoms. The largest absolute Gasteiger partial charge is 0.497 e. The number of nitrogen functional groups attached to an aromatic ring is 1. The van der Waals surface area contributed by atoms with Crippen molar-refractivity contribution in [2.75, 3.05) is 34.2 Å². The van der Waals surface area contributed by atoms with Crippen LogP contribution in [-0.2, 0) is 0 Å². The molecule has 0 bridgehead atoms. The van der Waals surface area contributed by atoms with E-state index in [4.69, 9.17) is 24.7 Å². The average molecular weight is 405 g/mol. The molecule has 3 aromatic rings. The third kappa shape index (κ3) is 3.55. The SMILES string of the molecule is COc1ccc(-c2c(C)nc(N)c(C#N)c2-c2c(OC)cc(OC)cc2OC)cc1. The van der Waals surface area contributed by atoms with Crippen LogP contribution in [0.5, 0.6) is 23.0 Å². The Balaban J connectivity index is 2.46. The standard InChI is InChI=1S/C23H23N3O4/c1-13-20(14-6-8-15(27-2)9-7-14)21(17(12-24)23(25)26-13)22-18(29-4)10-16(28-3)11-19(22)30-5/h6-11H,1-5H3,(H2,25,26). The van der Waals surface area contributed by atoms with E-state index >= 15 is 0 Å². The van der Waals surface area contributed by atoms with Crippen LogP contribution in [0.25, 0.3) is 22.3 Å². The van der Waals surface area contributed by atoms with Crippen molar-refractivity contribution >= 4 is 5.82 Å². The van der Waals surface area contributed by atoms with Crippen LogP contribution in [0, 0.1) is 18.3 Å². The van der Waals surface area contributed by atoms with Gasteiger partial charge in [-0.15, -0.1) is 0 Å². The van der Waals surface area contributed by atoms with Gasteiger partial charge in [-0.05, 0) is 24.6 Å². The molecule has 0 aliphatic carbocycles. The van der Waals surface area contributed by atoms with Gasteiger partial charge in [0.25, 0.3) is 0 Å². The first kappa shape index (κ1) is 20.8. The Bertz CT molecular complexity index is 1090. The molecular weight excluding hydrogens is 382 g/mol. The lowest BCUT2D eigenvalue weighted by Crippen LogP contribution is -2.05. The first-order valence-corrected chi connectivity index (χ1v) is 9.14. The van der Waals surface area contributed by atoms with E-state index in [0.29, 0.717) is 34.1 Å². The molecule has 7 nitrogen and oxygen atoms in total. The van der Waals surface area contributed by atoms with Crippen LogP contribution >= 0.6 is 0 Å². The number of methoxy groups -OCH3 is 4. The van der Waals surface area contributed by atoms with Crippen molar-refractivity contribution in [1.29, 1.82) is 5.26 Å². The summed E-state index contributed by atoms with van der Waals surface area (Å²) in [6, 6.07) is 13.2. The van der Waals surface area contributed by atoms with Crippen molar-refractivity contribution in [2.24, 2.45) is 0 Å². The summed E-state index contributed by atoms with van der Waals surface area (Å²) in [7, 11) is 6.27. The van der Waals surface area contributed by atoms with Crippen LogP contribution in [0.2, 0.25) is 0 Å². The highest BCUT2D eigenvalue weighted by atomic mass is 16.5. The third-order valence-electron chi connectivity index (χ3n) is 4.86. The topological polar surface area (TPSA) is 99.6 Å². The number of nitrogens with zero attached hydrogens (tertiary/aromatic N) is 2. The van der Waals surface area contributed by atoms with Crippen molar-refractivity contribution < 1.29 is 18.9 Å². The average Bonchev–Trinajstić information content (AvgIpc) is 2.77. The molecule has 0 aliphatic rings. The van der Waals surface area contributed by atoms with E-state index in [0.717, 1.165) is 16.9 Å². The minimum atomic E-state index is 0.141. The number of benzene rings is 2. The highest BCUT2D eigenvalue weighted by Gasteiger charge is 2.26. The van der Waals surface area contributed by atoms with Crippen molar-refractivity contribution in [3.05, 3.63) is 47.7 Å². The third-order valence-corrected chi connectivity index (χ3v) is 4.86. The van der Waals surface area contributed by atoms with Crippen molar-refractivity contribution in [3.8, 4) is 51.3 Å². The van der Waals surface area contributed by atoms with Gasteiger partial charge in [0, 0.05) is 29.0 Å². The van der Waals surface area contributed by atoms with Gasteiger partial charge in [0.1, 0.15) is 40.4 Å². The lowest BCUT2D eigenvalue weighted by molar-refractivity contribution is 0.377. The van der Waals surface area contributed by atoms with Gasteiger partial charge in [-0.3, -0.25) is 0 Å². The van der Waals surface area contributed by atoms with Crippen LogP contribution in [0.4, 0.5) is 5.82 Å². The Morgan fingerprint density at radius 2 is 1.37 bits per heavy atom. The summed E-state index contributed by atoms with van der Waals surface area (Å²) in [5, 5.41) is 9.94. The normalized spacial score (nSPS) is 10.3. The molecule has 30 heavy (non-hydrogen) atoms. The second kappa shape index (κ2) is 8.62. The summed E-state index contributed by atoms with van der Waals surface area (Å²) in [6.07, 6.45) is 0. The zero-order chi connectivity index (χ0) is 21.8. The van der Waals surface area contributed by atoms with E-state index in [1.54, 1.807) is 40.6 Å². The molecule has 0 fully saturated rings. The second-order valence-electron chi connectivity index (χ2n) is 6.45. The maximum atomic E-state index is 9.94. The summed E-state index contributed by atoms with van der Waals surface area (Å²) in [5.74, 6) is 2.41. The minimum Gasteiger partial charge on any atom is -0.497 e. The van der Waals surface area contributed by atoms with Gasteiger partial charge in [-0.2, -0.15) is 5.26 Å². The predicted molar refractivity (Wildman–Crippen MR) is 115 cm³/mol. The van der Waals surface area contributed by atoms with Gasteiger partial charge in [0.05, 0.1) is 34.0 Å². The number of hydrogen-bond acceptors (Lipinski definition) is 7. The number of nitrogens with two attached hydrogens (primary N) is 1. The van der Waals surface area contributed by atoms with Gasteiger partial charge in [0.2, 0.25) is 0 Å². The highest BCUT2D eigenvalue weighted by molar-refractivity contribution is 5.95. The Hall–Kier alpha value is -3.92. The zero-order valence-corrected chi connectivity index (χ0v) is 17.6. The minimum absolute atomic E-state index is 0.141. The smallest absolute Gasteiger partial charge is 0.142 e. The van der Waals surface area contributed by atoms with Gasteiger partial charge >= 0.3 is 0 Å². The first-order valence-electron chi connectivity index (χ1n) is 9.14. The van der Waals surface area contributed by atoms with Crippen molar-refractivity contribution in [2.45, 2.75) is 6.92 Å². The summed E-state index contributed by atoms with van der Waals surface area (Å²) >= 11 is 0. The van der Waals surface area contributed by atoms with E-state index in [9.17, 15) is 5.26 Å². The number of aromatic nitrogens is 1. The van der Waals surface area contributed by atoms with Crippen molar-refractivity contribution in [1.82, 2.24) is 4.98 Å². The van der Waals surface area contributed by atoms with Crippen molar-refractivity contribution in [3.63, 3.8) is 0 Å². The van der Waals surface area contributed by atoms with E-state index in [1.807, 2.05) is 31.2 Å². The molecule has 0 unspecified atom stereocenters. The fourth-order valence-corrected chi connectivity index (χ4v) is 3.45. The van der Waals surface area contributed by atoms with Crippen LogP contribution in [0.15, 0.2) is 36.4 Å². The maximum absolute atomic E-state index is 9.94. The molecule has 1 heterocycles. The molecule has 0 radical (unpaired) electrons. The second-order valence-corrected chi connectivity index (χ2v) is 6.45. The molecule has 0 amide bonds. The van der Waals surface area contributed by atoms with E-state index in [-0.39, 0.29) is 11.4 Å². The number of rotatable bonds is 6. The molecule has 154 valence electrons. The molecule has 2 aromatic carbocycles. The number of anilines is 1. The Kier molecular flexibility index (Phi) is 5.98. The molecule has 3 rings (SSSR count). The monoisotopic (exact) mass is 405 g/mol. The Labute approximate surface area is 175 Å². The number of pyridine rings is 1. The van der Waals surface area contributed by atoms with Crippen LogP contribution < -0.4 is 24.7 Å². The molecule has 7 heteroatoms. The Morgan fingerprint density at radius 1 is 0.800 bits per heavy atom. The highest BCUT2D eigenvalue weighted by Crippen LogP contribution is 2.48. The summed E-state index contributed by atoms with van der Waals surface area (Å²) in [6.45, 7) is 1.85. The van der Waals surface area contributed by atoms with Crippen LogP contribution in [0.1, 0.15) is 11.3 Å². The maximum Gasteiger partial charge on any atom is 0.142 e. The molecular formula is C23H23N3O4. The molecule has 0 saturated heterocycles. The summed E-state index contributed by atoms with van der Waals surface area (Å²) in [5.41, 5.74) is 9.85. The Morgan fingerprint density at radius 3 is 1.83 bits per heavy atom. The fourth-order valence-electron chi connectivity index (χ4n) is 3.45. The first-order chi connectivity index (χ1) is 14.5. The zero-order valence-electron chi connectivity index (χ0n) is 17.6. The lowest BCUT2D eigenvalue weighted by Gasteiger charge is -2.21. The fraction of sp³-hybridized carbons (Fsp3) is 0.217. The van der Waals surface area contributed by atoms with E-state index < -0.39 is 0 Å². The van der Waals surface area contributed by atoms with Crippen LogP contribution in [-0.4, -0.2) is 33.4 Å². The van der Waals surface area contributed by atoms with Gasteiger partial charge in [-0.1, -0.05) is 12.1 Å². The molecule has 2 N–H and O–H groups in total. The molecule has 0 aliphatic heterocycles. The predicted octanol–water partition coefficient (Wildman–Crippen LogP) is 4.21. The quantitative estimate of drug-likeness (QED) is 0.655.